The Balaban J connectivity index is 1.92. The minimum Gasteiger partial charge on any atom is -0.360 e. The van der Waals surface area contributed by atoms with Crippen LogP contribution in [0.4, 0.5) is 23.2 Å². The molecule has 4 atom stereocenters. The number of aromatic nitrogens is 4. The molecule has 0 spiro atoms. The first kappa shape index (κ1) is 17.8. The number of tetrazole rings is 1. The molecule has 1 aromatic carbocycles. The monoisotopic (exact) mass is 366 g/mol. The van der Waals surface area contributed by atoms with E-state index in [0.717, 1.165) is 0 Å². The van der Waals surface area contributed by atoms with E-state index in [0.29, 0.717) is 0 Å². The average molecular weight is 366 g/mol. The van der Waals surface area contributed by atoms with Crippen LogP contribution in [0.1, 0.15) is 23.7 Å². The minimum atomic E-state index is -2.17. The molecule has 1 fully saturated rings. The van der Waals surface area contributed by atoms with Gasteiger partial charge in [-0.3, -0.25) is 0 Å². The second-order valence-corrected chi connectivity index (χ2v) is 5.82. The fourth-order valence-electron chi connectivity index (χ4n) is 2.94. The lowest BCUT2D eigenvalue weighted by molar-refractivity contribution is -0.00550. The van der Waals surface area contributed by atoms with E-state index in [1.807, 2.05) is 6.07 Å². The molecule has 0 amide bonds. The zero-order chi connectivity index (χ0) is 18.7. The van der Waals surface area contributed by atoms with E-state index < -0.39 is 37.0 Å². The summed E-state index contributed by atoms with van der Waals surface area (Å²) in [7, 11) is 0. The number of rotatable bonds is 4. The Kier molecular flexibility index (Phi) is 5.16. The molecule has 2 aromatic rings. The van der Waals surface area contributed by atoms with Gasteiger partial charge in [-0.15, -0.1) is 10.2 Å². The summed E-state index contributed by atoms with van der Waals surface area (Å²) in [6.45, 7) is 0. The molecule has 0 aliphatic heterocycles. The number of nitrogens with one attached hydrogen (secondary N) is 2. The topological polar surface area (TPSA) is 90.3 Å². The second-order valence-electron chi connectivity index (χ2n) is 5.82. The van der Waals surface area contributed by atoms with Gasteiger partial charge in [0, 0.05) is 18.3 Å². The van der Waals surface area contributed by atoms with Crippen molar-refractivity contribution in [3.8, 4) is 6.07 Å². The largest absolute Gasteiger partial charge is 0.360 e. The standard InChI is InChI=1S/C16H14F4N6/c17-10-5-11(18)15(20)13(14(10)19)9-3-1-2-4-12(9)22-7-8(6-21)16-23-25-26-24-16/h1-4,7,10-11,13-15,22H,5H2,(H,23,24,25,26). The van der Waals surface area contributed by atoms with Crippen molar-refractivity contribution in [3.63, 3.8) is 0 Å². The first-order chi connectivity index (χ1) is 12.5. The predicted octanol–water partition coefficient (Wildman–Crippen LogP) is 3.02. The van der Waals surface area contributed by atoms with Crippen molar-refractivity contribution in [2.24, 2.45) is 0 Å². The molecule has 136 valence electrons. The van der Waals surface area contributed by atoms with Gasteiger partial charge in [0.15, 0.2) is 0 Å². The van der Waals surface area contributed by atoms with Gasteiger partial charge in [-0.25, -0.2) is 17.6 Å². The Hall–Kier alpha value is -2.96. The number of para-hydroxylation sites is 1. The van der Waals surface area contributed by atoms with E-state index in [-0.39, 0.29) is 22.6 Å². The Morgan fingerprint density at radius 3 is 2.50 bits per heavy atom. The lowest BCUT2D eigenvalue weighted by atomic mass is 9.78. The number of aromatic amines is 1. The Morgan fingerprint density at radius 2 is 1.88 bits per heavy atom. The number of anilines is 1. The highest BCUT2D eigenvalue weighted by Gasteiger charge is 2.47. The summed E-state index contributed by atoms with van der Waals surface area (Å²) in [6.07, 6.45) is -8.08. The number of nitriles is 1. The lowest BCUT2D eigenvalue weighted by Crippen LogP contribution is -2.44. The van der Waals surface area contributed by atoms with Crippen LogP contribution >= 0.6 is 0 Å². The Labute approximate surface area is 145 Å². The number of halogens is 4. The summed E-state index contributed by atoms with van der Waals surface area (Å²) < 4.78 is 56.1. The molecule has 0 saturated heterocycles. The molecular weight excluding hydrogens is 352 g/mol. The van der Waals surface area contributed by atoms with Gasteiger partial charge in [0.25, 0.3) is 0 Å². The molecule has 0 bridgehead atoms. The van der Waals surface area contributed by atoms with E-state index >= 15 is 0 Å². The molecule has 0 radical (unpaired) electrons. The van der Waals surface area contributed by atoms with Crippen molar-refractivity contribution in [1.82, 2.24) is 20.6 Å². The first-order valence-electron chi connectivity index (χ1n) is 7.78. The number of H-pyrrole nitrogens is 1. The Bertz CT molecular complexity index is 804. The van der Waals surface area contributed by atoms with Crippen molar-refractivity contribution in [3.05, 3.63) is 41.9 Å². The summed E-state index contributed by atoms with van der Waals surface area (Å²) in [6, 6.07) is 7.84. The van der Waals surface area contributed by atoms with Gasteiger partial charge in [-0.05, 0) is 16.8 Å². The van der Waals surface area contributed by atoms with Gasteiger partial charge in [0.2, 0.25) is 5.82 Å². The van der Waals surface area contributed by atoms with Crippen molar-refractivity contribution in [2.45, 2.75) is 37.0 Å². The maximum absolute atomic E-state index is 14.3. The summed E-state index contributed by atoms with van der Waals surface area (Å²) in [4.78, 5) is 0. The van der Waals surface area contributed by atoms with Gasteiger partial charge in [-0.1, -0.05) is 18.2 Å². The van der Waals surface area contributed by atoms with E-state index in [4.69, 9.17) is 5.26 Å². The normalized spacial score (nSPS) is 29.2. The number of hydrogen-bond donors (Lipinski definition) is 2. The molecule has 1 aromatic heterocycles. The average Bonchev–Trinajstić information content (AvgIpc) is 3.16. The zero-order valence-electron chi connectivity index (χ0n) is 13.3. The number of alkyl halides is 4. The molecule has 1 aliphatic carbocycles. The zero-order valence-corrected chi connectivity index (χ0v) is 13.3. The van der Waals surface area contributed by atoms with Crippen LogP contribution in [0.15, 0.2) is 30.5 Å². The van der Waals surface area contributed by atoms with Crippen LogP contribution in [0.25, 0.3) is 5.57 Å². The summed E-state index contributed by atoms with van der Waals surface area (Å²) >= 11 is 0. The van der Waals surface area contributed by atoms with Crippen LogP contribution in [-0.2, 0) is 0 Å². The molecule has 2 N–H and O–H groups in total. The van der Waals surface area contributed by atoms with Gasteiger partial charge in [-0.2, -0.15) is 10.5 Å². The maximum atomic E-state index is 14.3. The molecule has 6 nitrogen and oxygen atoms in total. The van der Waals surface area contributed by atoms with Gasteiger partial charge in [0.05, 0.1) is 5.92 Å². The fraction of sp³-hybridized carbons (Fsp3) is 0.375. The second kappa shape index (κ2) is 7.51. The smallest absolute Gasteiger partial charge is 0.216 e. The fourth-order valence-corrected chi connectivity index (χ4v) is 2.94. The number of allylic oxidation sites excluding steroid dienone is 1. The number of hydrogen-bond acceptors (Lipinski definition) is 5. The highest BCUT2D eigenvalue weighted by molar-refractivity contribution is 5.74. The third-order valence-electron chi connectivity index (χ3n) is 4.23. The summed E-state index contributed by atoms with van der Waals surface area (Å²) in [5.74, 6) is -1.57. The third kappa shape index (κ3) is 3.37. The van der Waals surface area contributed by atoms with Crippen LogP contribution in [0.2, 0.25) is 0 Å². The van der Waals surface area contributed by atoms with Crippen molar-refractivity contribution in [2.75, 3.05) is 5.32 Å². The third-order valence-corrected chi connectivity index (χ3v) is 4.23. The van der Waals surface area contributed by atoms with Crippen LogP contribution in [0.5, 0.6) is 0 Å². The van der Waals surface area contributed by atoms with Crippen molar-refractivity contribution in [1.29, 1.82) is 5.26 Å². The molecule has 1 heterocycles. The molecule has 1 saturated carbocycles. The van der Waals surface area contributed by atoms with E-state index in [1.165, 1.54) is 24.4 Å². The molecule has 26 heavy (non-hydrogen) atoms. The minimum absolute atomic E-state index is 0.0116. The number of benzene rings is 1. The van der Waals surface area contributed by atoms with Gasteiger partial charge < -0.3 is 5.32 Å². The molecule has 10 heteroatoms. The highest BCUT2D eigenvalue weighted by atomic mass is 19.2. The SMILES string of the molecule is N#CC(=CNc1ccccc1C1C(F)C(F)CC(F)C1F)c1nn[nH]n1. The number of nitrogens with zero attached hydrogens (tertiary/aromatic N) is 4. The van der Waals surface area contributed by atoms with Crippen LogP contribution in [0.3, 0.4) is 0 Å². The quantitative estimate of drug-likeness (QED) is 0.641. The molecule has 3 rings (SSSR count). The molecular formula is C16H14F4N6. The molecule has 4 unspecified atom stereocenters. The van der Waals surface area contributed by atoms with E-state index in [1.54, 1.807) is 6.07 Å². The van der Waals surface area contributed by atoms with E-state index in [2.05, 4.69) is 25.9 Å². The van der Waals surface area contributed by atoms with Crippen molar-refractivity contribution >= 4 is 11.3 Å². The lowest BCUT2D eigenvalue weighted by Gasteiger charge is -2.35. The van der Waals surface area contributed by atoms with Crippen LogP contribution in [0, 0.1) is 11.3 Å². The van der Waals surface area contributed by atoms with Crippen LogP contribution < -0.4 is 5.32 Å². The van der Waals surface area contributed by atoms with E-state index in [9.17, 15) is 17.6 Å². The molecule has 1 aliphatic rings. The highest BCUT2D eigenvalue weighted by Crippen LogP contribution is 2.42. The van der Waals surface area contributed by atoms with Gasteiger partial charge in [0.1, 0.15) is 36.3 Å². The summed E-state index contributed by atoms with van der Waals surface area (Å²) in [5, 5.41) is 24.7. The van der Waals surface area contributed by atoms with Crippen LogP contribution in [-0.4, -0.2) is 45.3 Å². The Morgan fingerprint density at radius 1 is 1.19 bits per heavy atom. The van der Waals surface area contributed by atoms with Crippen molar-refractivity contribution < 1.29 is 17.6 Å². The van der Waals surface area contributed by atoms with Gasteiger partial charge >= 0.3 is 0 Å². The maximum Gasteiger partial charge on any atom is 0.216 e. The first-order valence-corrected chi connectivity index (χ1v) is 7.78. The predicted molar refractivity (Wildman–Crippen MR) is 84.8 cm³/mol. The summed E-state index contributed by atoms with van der Waals surface area (Å²) in [5.41, 5.74) is 0.317.